The number of likely N-dealkylation sites (tertiary alicyclic amines) is 1. The highest BCUT2D eigenvalue weighted by molar-refractivity contribution is 6.05. The van der Waals surface area contributed by atoms with Crippen LogP contribution in [-0.2, 0) is 19.8 Å². The van der Waals surface area contributed by atoms with Crippen LogP contribution in [-0.4, -0.2) is 45.7 Å². The molecule has 7 nitrogen and oxygen atoms in total. The fraction of sp³-hybridized carbons (Fsp3) is 0.517. The van der Waals surface area contributed by atoms with E-state index in [0.29, 0.717) is 30.6 Å². The van der Waals surface area contributed by atoms with E-state index >= 15 is 0 Å². The van der Waals surface area contributed by atoms with E-state index in [2.05, 4.69) is 31.1 Å². The van der Waals surface area contributed by atoms with Crippen LogP contribution in [0.15, 0.2) is 48.8 Å². The zero-order chi connectivity index (χ0) is 26.7. The number of carbonyl (C=O) groups excluding carboxylic acids is 3. The minimum absolute atomic E-state index is 0.0500. The van der Waals surface area contributed by atoms with Crippen LogP contribution < -0.4 is 10.2 Å². The third-order valence-electron chi connectivity index (χ3n) is 6.41. The summed E-state index contributed by atoms with van der Waals surface area (Å²) < 4.78 is 0. The number of aromatic nitrogens is 1. The molecule has 1 N–H and O–H groups in total. The Hall–Kier alpha value is -3.22. The number of pyridine rings is 1. The summed E-state index contributed by atoms with van der Waals surface area (Å²) in [6, 6.07) is 9.82. The Morgan fingerprint density at radius 2 is 1.75 bits per heavy atom. The van der Waals surface area contributed by atoms with Crippen molar-refractivity contribution in [2.24, 2.45) is 0 Å². The lowest BCUT2D eigenvalue weighted by atomic mass is 9.87. The van der Waals surface area contributed by atoms with Crippen molar-refractivity contribution >= 4 is 23.4 Å². The van der Waals surface area contributed by atoms with Crippen LogP contribution in [0.3, 0.4) is 0 Å². The Bertz CT molecular complexity index is 1070. The van der Waals surface area contributed by atoms with E-state index in [-0.39, 0.29) is 23.1 Å². The Morgan fingerprint density at radius 1 is 1.08 bits per heavy atom. The summed E-state index contributed by atoms with van der Waals surface area (Å²) in [6.45, 7) is 14.5. The lowest BCUT2D eigenvalue weighted by Crippen LogP contribution is -2.54. The third-order valence-corrected chi connectivity index (χ3v) is 6.41. The summed E-state index contributed by atoms with van der Waals surface area (Å²) in [4.78, 5) is 48.2. The predicted octanol–water partition coefficient (Wildman–Crippen LogP) is 4.77. The van der Waals surface area contributed by atoms with Gasteiger partial charge in [-0.1, -0.05) is 45.9 Å². The second-order valence-electron chi connectivity index (χ2n) is 11.5. The quantitative estimate of drug-likeness (QED) is 0.630. The van der Waals surface area contributed by atoms with Gasteiger partial charge in [-0.05, 0) is 62.8 Å². The summed E-state index contributed by atoms with van der Waals surface area (Å²) in [5.41, 5.74) is 1.79. The highest BCUT2D eigenvalue weighted by Gasteiger charge is 2.42. The Balaban J connectivity index is 2.16. The van der Waals surface area contributed by atoms with Gasteiger partial charge in [0, 0.05) is 42.1 Å². The van der Waals surface area contributed by atoms with Gasteiger partial charge in [0.2, 0.25) is 11.8 Å². The van der Waals surface area contributed by atoms with Gasteiger partial charge in [-0.3, -0.25) is 24.3 Å². The molecule has 1 aliphatic rings. The maximum Gasteiger partial charge on any atom is 0.250 e. The molecule has 3 rings (SSSR count). The van der Waals surface area contributed by atoms with Crippen molar-refractivity contribution in [2.75, 3.05) is 11.4 Å². The van der Waals surface area contributed by atoms with Crippen molar-refractivity contribution < 1.29 is 14.4 Å². The van der Waals surface area contributed by atoms with Gasteiger partial charge in [-0.2, -0.15) is 0 Å². The topological polar surface area (TPSA) is 82.6 Å². The van der Waals surface area contributed by atoms with Crippen LogP contribution in [0.4, 0.5) is 5.69 Å². The summed E-state index contributed by atoms with van der Waals surface area (Å²) in [6.07, 6.45) is 4.93. The first kappa shape index (κ1) is 27.4. The summed E-state index contributed by atoms with van der Waals surface area (Å²) in [7, 11) is 0. The van der Waals surface area contributed by atoms with Crippen LogP contribution in [0, 0.1) is 0 Å². The molecule has 0 bridgehead atoms. The van der Waals surface area contributed by atoms with Crippen LogP contribution in [0.25, 0.3) is 0 Å². The number of hydrogen-bond acceptors (Lipinski definition) is 4. The van der Waals surface area contributed by atoms with Crippen molar-refractivity contribution in [1.82, 2.24) is 15.2 Å². The SMILES string of the molecule is CCC(=O)N1CCC[C@@H]1C(=O)N(c1ccc(C(C)(C)C)cc1)C(C(=O)NC(C)(C)C)c1cccnc1. The van der Waals surface area contributed by atoms with Gasteiger partial charge >= 0.3 is 0 Å². The molecule has 36 heavy (non-hydrogen) atoms. The first-order valence-corrected chi connectivity index (χ1v) is 12.8. The first-order valence-electron chi connectivity index (χ1n) is 12.8. The lowest BCUT2D eigenvalue weighted by molar-refractivity contribution is -0.137. The van der Waals surface area contributed by atoms with Crippen molar-refractivity contribution in [3.63, 3.8) is 0 Å². The van der Waals surface area contributed by atoms with Crippen molar-refractivity contribution in [2.45, 2.75) is 90.8 Å². The van der Waals surface area contributed by atoms with Crippen LogP contribution in [0.2, 0.25) is 0 Å². The molecule has 1 aromatic heterocycles. The Morgan fingerprint density at radius 3 is 2.28 bits per heavy atom. The standard InChI is InChI=1S/C29H40N4O3/c1-8-24(34)32-18-10-12-23(32)27(36)33(22-15-13-21(14-16-22)28(2,3)4)25(20-11-9-17-30-19-20)26(35)31-29(5,6)7/h9,11,13-17,19,23,25H,8,10,12,18H2,1-7H3,(H,31,35)/t23-,25?/m1/s1. The van der Waals surface area contributed by atoms with E-state index < -0.39 is 17.6 Å². The molecule has 3 amide bonds. The molecule has 1 aliphatic heterocycles. The molecule has 1 fully saturated rings. The lowest BCUT2D eigenvalue weighted by Gasteiger charge is -2.37. The minimum Gasteiger partial charge on any atom is -0.349 e. The normalized spacial score (nSPS) is 17.0. The van der Waals surface area contributed by atoms with Crippen molar-refractivity contribution in [3.8, 4) is 0 Å². The molecule has 2 heterocycles. The largest absolute Gasteiger partial charge is 0.349 e. The highest BCUT2D eigenvalue weighted by atomic mass is 16.2. The average molecular weight is 493 g/mol. The number of nitrogens with zero attached hydrogens (tertiary/aromatic N) is 3. The molecule has 7 heteroatoms. The molecule has 2 atom stereocenters. The number of amides is 3. The van der Waals surface area contributed by atoms with Gasteiger partial charge < -0.3 is 10.2 Å². The second-order valence-corrected chi connectivity index (χ2v) is 11.5. The molecule has 194 valence electrons. The van der Waals surface area contributed by atoms with Gasteiger partial charge in [0.1, 0.15) is 12.1 Å². The van der Waals surface area contributed by atoms with E-state index in [9.17, 15) is 14.4 Å². The van der Waals surface area contributed by atoms with E-state index in [1.807, 2.05) is 51.1 Å². The monoisotopic (exact) mass is 492 g/mol. The summed E-state index contributed by atoms with van der Waals surface area (Å²) in [5, 5.41) is 3.05. The van der Waals surface area contributed by atoms with E-state index in [1.54, 1.807) is 35.2 Å². The molecule has 0 saturated carbocycles. The first-order chi connectivity index (χ1) is 16.8. The van der Waals surface area contributed by atoms with E-state index in [1.165, 1.54) is 0 Å². The Labute approximate surface area is 215 Å². The maximum absolute atomic E-state index is 14.3. The summed E-state index contributed by atoms with van der Waals surface area (Å²) in [5.74, 6) is -0.600. The summed E-state index contributed by atoms with van der Waals surface area (Å²) >= 11 is 0. The molecule has 0 radical (unpaired) electrons. The predicted molar refractivity (Wildman–Crippen MR) is 143 cm³/mol. The molecular weight excluding hydrogens is 452 g/mol. The number of nitrogens with one attached hydrogen (secondary N) is 1. The van der Waals surface area contributed by atoms with Crippen molar-refractivity contribution in [1.29, 1.82) is 0 Å². The fourth-order valence-electron chi connectivity index (χ4n) is 4.60. The number of anilines is 1. The van der Waals surface area contributed by atoms with Gasteiger partial charge in [0.15, 0.2) is 0 Å². The minimum atomic E-state index is -0.940. The molecule has 0 aliphatic carbocycles. The molecule has 1 saturated heterocycles. The maximum atomic E-state index is 14.3. The fourth-order valence-corrected chi connectivity index (χ4v) is 4.60. The molecule has 1 unspecified atom stereocenters. The average Bonchev–Trinajstić information content (AvgIpc) is 3.30. The van der Waals surface area contributed by atoms with Crippen LogP contribution in [0.5, 0.6) is 0 Å². The highest BCUT2D eigenvalue weighted by Crippen LogP contribution is 2.33. The number of benzene rings is 1. The van der Waals surface area contributed by atoms with Crippen LogP contribution >= 0.6 is 0 Å². The smallest absolute Gasteiger partial charge is 0.250 e. The van der Waals surface area contributed by atoms with Crippen molar-refractivity contribution in [3.05, 3.63) is 59.9 Å². The molecule has 0 spiro atoms. The second kappa shape index (κ2) is 10.8. The van der Waals surface area contributed by atoms with Crippen LogP contribution in [0.1, 0.15) is 84.9 Å². The zero-order valence-corrected chi connectivity index (χ0v) is 22.7. The molecule has 2 aromatic rings. The van der Waals surface area contributed by atoms with Gasteiger partial charge in [0.25, 0.3) is 5.91 Å². The van der Waals surface area contributed by atoms with E-state index in [0.717, 1.165) is 12.0 Å². The molecule has 1 aromatic carbocycles. The number of rotatable bonds is 6. The van der Waals surface area contributed by atoms with Gasteiger partial charge in [-0.15, -0.1) is 0 Å². The van der Waals surface area contributed by atoms with E-state index in [4.69, 9.17) is 0 Å². The van der Waals surface area contributed by atoms with Gasteiger partial charge in [-0.25, -0.2) is 0 Å². The Kier molecular flexibility index (Phi) is 8.22. The molecular formula is C29H40N4O3. The third kappa shape index (κ3) is 6.31. The number of carbonyl (C=O) groups is 3. The van der Waals surface area contributed by atoms with Gasteiger partial charge in [0.05, 0.1) is 0 Å². The number of hydrogen-bond donors (Lipinski definition) is 1. The zero-order valence-electron chi connectivity index (χ0n) is 22.7.